The van der Waals surface area contributed by atoms with Crippen LogP contribution in [-0.4, -0.2) is 35.5 Å². The lowest BCUT2D eigenvalue weighted by Crippen LogP contribution is -2.04. The number of hydrogen-bond acceptors (Lipinski definition) is 4. The van der Waals surface area contributed by atoms with Crippen molar-refractivity contribution in [1.82, 2.24) is 0 Å². The molecule has 0 fully saturated rings. The third-order valence-corrected chi connectivity index (χ3v) is 2.06. The quantitative estimate of drug-likeness (QED) is 0.754. The smallest absolute Gasteiger partial charge is 0.325 e. The van der Waals surface area contributed by atoms with Crippen molar-refractivity contribution in [2.75, 3.05) is 13.7 Å². The third-order valence-electron chi connectivity index (χ3n) is 2.06. The average molecular weight is 223 g/mol. The van der Waals surface area contributed by atoms with Gasteiger partial charge in [-0.05, 0) is 19.1 Å². The van der Waals surface area contributed by atoms with Gasteiger partial charge in [-0.25, -0.2) is 0 Å². The maximum absolute atomic E-state index is 10.3. The summed E-state index contributed by atoms with van der Waals surface area (Å²) in [5.74, 6) is -0.708. The second-order valence-electron chi connectivity index (χ2n) is 3.15. The lowest BCUT2D eigenvalue weighted by molar-refractivity contribution is -0.135. The van der Waals surface area contributed by atoms with Gasteiger partial charge >= 0.3 is 5.97 Å². The van der Waals surface area contributed by atoms with E-state index in [1.807, 2.05) is 0 Å². The number of rotatable bonds is 4. The zero-order valence-corrected chi connectivity index (χ0v) is 9.10. The first-order chi connectivity index (χ1) is 7.56. The van der Waals surface area contributed by atoms with E-state index < -0.39 is 5.97 Å². The summed E-state index contributed by atoms with van der Waals surface area (Å²) < 4.78 is 4.94. The van der Waals surface area contributed by atoms with E-state index in [1.165, 1.54) is 7.11 Å². The summed E-state index contributed by atoms with van der Waals surface area (Å²) in [5, 5.41) is 18.3. The topological polar surface area (TPSA) is 79.1 Å². The number of hydrogen-bond donors (Lipinski definition) is 2. The molecule has 1 rings (SSSR count). The molecule has 0 aliphatic heterocycles. The number of carboxylic acid groups (broad SMARTS) is 1. The van der Waals surface area contributed by atoms with Crippen molar-refractivity contribution in [2.24, 2.45) is 4.99 Å². The Morgan fingerprint density at radius 3 is 2.75 bits per heavy atom. The second-order valence-corrected chi connectivity index (χ2v) is 3.15. The van der Waals surface area contributed by atoms with E-state index in [0.29, 0.717) is 17.0 Å². The molecule has 0 atom stereocenters. The number of methoxy groups -OCH3 is 1. The molecule has 1 aromatic carbocycles. The number of ether oxygens (including phenoxy) is 1. The monoisotopic (exact) mass is 223 g/mol. The Bertz CT molecular complexity index is 426. The van der Waals surface area contributed by atoms with Gasteiger partial charge in [0.25, 0.3) is 0 Å². The number of carboxylic acids is 1. The second kappa shape index (κ2) is 5.16. The highest BCUT2D eigenvalue weighted by Gasteiger charge is 2.09. The van der Waals surface area contributed by atoms with Gasteiger partial charge in [-0.3, -0.25) is 9.79 Å². The minimum Gasteiger partial charge on any atom is -0.504 e. The van der Waals surface area contributed by atoms with Gasteiger partial charge in [0.05, 0.1) is 7.11 Å². The zero-order chi connectivity index (χ0) is 12.1. The Kier molecular flexibility index (Phi) is 3.88. The number of carbonyl (C=O) groups is 1. The number of aliphatic carboxylic acids is 1. The molecule has 0 radical (unpaired) electrons. The molecule has 86 valence electrons. The summed E-state index contributed by atoms with van der Waals surface area (Å²) in [6.45, 7) is 1.32. The Morgan fingerprint density at radius 1 is 1.50 bits per heavy atom. The molecule has 0 saturated carbocycles. The van der Waals surface area contributed by atoms with Crippen LogP contribution in [0.4, 0.5) is 0 Å². The van der Waals surface area contributed by atoms with Gasteiger partial charge < -0.3 is 14.9 Å². The summed E-state index contributed by atoms with van der Waals surface area (Å²) >= 11 is 0. The number of phenols is 1. The highest BCUT2D eigenvalue weighted by Crippen LogP contribution is 2.29. The van der Waals surface area contributed by atoms with Crippen LogP contribution in [0.25, 0.3) is 0 Å². The molecule has 2 N–H and O–H groups in total. The van der Waals surface area contributed by atoms with Crippen LogP contribution in [-0.2, 0) is 4.79 Å². The number of nitrogens with zero attached hydrogens (tertiary/aromatic N) is 1. The van der Waals surface area contributed by atoms with Crippen molar-refractivity contribution >= 4 is 11.7 Å². The molecule has 1 aromatic rings. The molecule has 0 unspecified atom stereocenters. The predicted octanol–water partition coefficient (Wildman–Crippen LogP) is 1.29. The fourth-order valence-corrected chi connectivity index (χ4v) is 1.25. The maximum atomic E-state index is 10.3. The van der Waals surface area contributed by atoms with Gasteiger partial charge in [0.1, 0.15) is 6.54 Å². The van der Waals surface area contributed by atoms with Crippen LogP contribution in [0.3, 0.4) is 0 Å². The summed E-state index contributed by atoms with van der Waals surface area (Å²) in [6, 6.07) is 4.97. The first-order valence-corrected chi connectivity index (χ1v) is 4.65. The standard InChI is InChI=1S/C11H13NO4/c1-7(12-6-10(13)14)8-4-3-5-9(16-2)11(8)15/h3-5,15H,6H2,1-2H3,(H,13,14). The number of aromatic hydroxyl groups is 1. The van der Waals surface area contributed by atoms with Gasteiger partial charge in [0, 0.05) is 11.3 Å². The normalized spacial score (nSPS) is 11.2. The lowest BCUT2D eigenvalue weighted by atomic mass is 10.1. The molecule has 16 heavy (non-hydrogen) atoms. The largest absolute Gasteiger partial charge is 0.504 e. The molecular weight excluding hydrogens is 210 g/mol. The van der Waals surface area contributed by atoms with Gasteiger partial charge in [0.15, 0.2) is 11.5 Å². The van der Waals surface area contributed by atoms with Crippen molar-refractivity contribution in [3.8, 4) is 11.5 Å². The SMILES string of the molecule is COc1cccc(C(C)=NCC(=O)O)c1O. The van der Waals surface area contributed by atoms with Gasteiger partial charge in [0.2, 0.25) is 0 Å². The van der Waals surface area contributed by atoms with E-state index >= 15 is 0 Å². The molecule has 5 nitrogen and oxygen atoms in total. The van der Waals surface area contributed by atoms with E-state index in [4.69, 9.17) is 9.84 Å². The van der Waals surface area contributed by atoms with Crippen LogP contribution in [0.1, 0.15) is 12.5 Å². The third kappa shape index (κ3) is 2.73. The Morgan fingerprint density at radius 2 is 2.19 bits per heavy atom. The molecule has 0 heterocycles. The summed E-state index contributed by atoms with van der Waals surface area (Å²) in [6.07, 6.45) is 0. The summed E-state index contributed by atoms with van der Waals surface area (Å²) in [5.41, 5.74) is 0.930. The van der Waals surface area contributed by atoms with E-state index in [-0.39, 0.29) is 12.3 Å². The van der Waals surface area contributed by atoms with Crippen LogP contribution in [0, 0.1) is 0 Å². The van der Waals surface area contributed by atoms with E-state index in [2.05, 4.69) is 4.99 Å². The average Bonchev–Trinajstić information content (AvgIpc) is 2.26. The molecule has 0 bridgehead atoms. The molecule has 0 amide bonds. The van der Waals surface area contributed by atoms with Crippen LogP contribution in [0.5, 0.6) is 11.5 Å². The van der Waals surface area contributed by atoms with Crippen molar-refractivity contribution in [3.05, 3.63) is 23.8 Å². The van der Waals surface area contributed by atoms with Crippen LogP contribution in [0.2, 0.25) is 0 Å². The van der Waals surface area contributed by atoms with Crippen molar-refractivity contribution in [3.63, 3.8) is 0 Å². The molecule has 0 saturated heterocycles. The Hall–Kier alpha value is -2.04. The first-order valence-electron chi connectivity index (χ1n) is 4.65. The molecule has 0 spiro atoms. The lowest BCUT2D eigenvalue weighted by Gasteiger charge is -2.07. The first kappa shape index (κ1) is 12.0. The van der Waals surface area contributed by atoms with Gasteiger partial charge in [-0.1, -0.05) is 6.07 Å². The van der Waals surface area contributed by atoms with Crippen molar-refractivity contribution in [2.45, 2.75) is 6.92 Å². The van der Waals surface area contributed by atoms with Gasteiger partial charge in [-0.15, -0.1) is 0 Å². The fraction of sp³-hybridized carbons (Fsp3) is 0.273. The molecule has 5 heteroatoms. The van der Waals surface area contributed by atoms with Crippen molar-refractivity contribution in [1.29, 1.82) is 0 Å². The number of benzene rings is 1. The minimum absolute atomic E-state index is 0.0309. The van der Waals surface area contributed by atoms with Crippen LogP contribution >= 0.6 is 0 Å². The number of phenolic OH excluding ortho intramolecular Hbond substituents is 1. The predicted molar refractivity (Wildman–Crippen MR) is 59.4 cm³/mol. The Labute approximate surface area is 93.0 Å². The Balaban J connectivity index is 3.04. The van der Waals surface area contributed by atoms with E-state index in [9.17, 15) is 9.90 Å². The van der Waals surface area contributed by atoms with E-state index in [1.54, 1.807) is 25.1 Å². The number of para-hydroxylation sites is 1. The zero-order valence-electron chi connectivity index (χ0n) is 9.10. The summed E-state index contributed by atoms with van der Waals surface area (Å²) in [7, 11) is 1.45. The van der Waals surface area contributed by atoms with E-state index in [0.717, 1.165) is 0 Å². The maximum Gasteiger partial charge on any atom is 0.325 e. The van der Waals surface area contributed by atoms with Crippen molar-refractivity contribution < 1.29 is 19.7 Å². The molecule has 0 aliphatic carbocycles. The molecular formula is C11H13NO4. The highest BCUT2D eigenvalue weighted by atomic mass is 16.5. The minimum atomic E-state index is -1.01. The summed E-state index contributed by atoms with van der Waals surface area (Å²) in [4.78, 5) is 14.2. The fourth-order valence-electron chi connectivity index (χ4n) is 1.25. The number of aliphatic imine (C=N–C) groups is 1. The molecule has 0 aliphatic rings. The van der Waals surface area contributed by atoms with Crippen LogP contribution in [0.15, 0.2) is 23.2 Å². The highest BCUT2D eigenvalue weighted by molar-refractivity contribution is 6.02. The van der Waals surface area contributed by atoms with Gasteiger partial charge in [-0.2, -0.15) is 0 Å². The van der Waals surface area contributed by atoms with Crippen LogP contribution < -0.4 is 4.74 Å². The molecule has 0 aromatic heterocycles.